The third kappa shape index (κ3) is 5.65. The number of ketones is 1. The lowest BCUT2D eigenvalue weighted by atomic mass is 9.98. The van der Waals surface area contributed by atoms with Crippen LogP contribution in [0.15, 0.2) is 12.2 Å². The van der Waals surface area contributed by atoms with Crippen molar-refractivity contribution in [1.82, 2.24) is 0 Å². The summed E-state index contributed by atoms with van der Waals surface area (Å²) in [6.07, 6.45) is -0.789. The highest BCUT2D eigenvalue weighted by Gasteiger charge is 2.33. The molecule has 0 spiro atoms. The Labute approximate surface area is 108 Å². The van der Waals surface area contributed by atoms with Crippen molar-refractivity contribution in [3.05, 3.63) is 12.2 Å². The predicted molar refractivity (Wildman–Crippen MR) is 68.8 cm³/mol. The third-order valence-electron chi connectivity index (χ3n) is 2.06. The number of ether oxygens (including phenoxy) is 2. The molecule has 100 valence electrons. The van der Waals surface area contributed by atoms with Crippen LogP contribution in [-0.4, -0.2) is 31.1 Å². The van der Waals surface area contributed by atoms with Gasteiger partial charge in [-0.05, 0) is 33.3 Å². The van der Waals surface area contributed by atoms with E-state index in [0.29, 0.717) is 12.2 Å². The highest BCUT2D eigenvalue weighted by Crippen LogP contribution is 2.12. The predicted octanol–water partition coefficient (Wildman–Crippen LogP) is 1.74. The Kier molecular flexibility index (Phi) is 7.73. The van der Waals surface area contributed by atoms with Crippen LogP contribution < -0.4 is 0 Å². The van der Waals surface area contributed by atoms with Gasteiger partial charge in [0, 0.05) is 6.61 Å². The van der Waals surface area contributed by atoms with E-state index in [1.807, 2.05) is 0 Å². The van der Waals surface area contributed by atoms with E-state index in [1.54, 1.807) is 20.8 Å². The van der Waals surface area contributed by atoms with Crippen molar-refractivity contribution in [3.8, 4) is 11.8 Å². The second-order valence-electron chi connectivity index (χ2n) is 3.77. The molecule has 0 saturated heterocycles. The van der Waals surface area contributed by atoms with Crippen LogP contribution in [0.3, 0.4) is 0 Å². The van der Waals surface area contributed by atoms with Gasteiger partial charge in [-0.2, -0.15) is 0 Å². The molecule has 0 heterocycles. The minimum atomic E-state index is -1.00. The summed E-state index contributed by atoms with van der Waals surface area (Å²) >= 11 is 0. The van der Waals surface area contributed by atoms with Gasteiger partial charge in [-0.3, -0.25) is 9.59 Å². The van der Waals surface area contributed by atoms with Crippen molar-refractivity contribution in [2.45, 2.75) is 33.8 Å². The molecule has 0 radical (unpaired) electrons. The highest BCUT2D eigenvalue weighted by molar-refractivity contribution is 5.98. The first-order valence-corrected chi connectivity index (χ1v) is 5.89. The quantitative estimate of drug-likeness (QED) is 0.410. The fourth-order valence-corrected chi connectivity index (χ4v) is 1.33. The summed E-state index contributed by atoms with van der Waals surface area (Å²) in [5.74, 6) is 3.56. The molecule has 2 atom stereocenters. The van der Waals surface area contributed by atoms with Crippen molar-refractivity contribution < 1.29 is 19.1 Å². The molecular weight excluding hydrogens is 232 g/mol. The summed E-state index contributed by atoms with van der Waals surface area (Å²) in [5, 5.41) is 0. The van der Waals surface area contributed by atoms with E-state index in [2.05, 4.69) is 18.4 Å². The lowest BCUT2D eigenvalue weighted by Crippen LogP contribution is -2.36. The molecule has 18 heavy (non-hydrogen) atoms. The number of allylic oxidation sites excluding steroid dienone is 1. The molecule has 0 aliphatic carbocycles. The first-order chi connectivity index (χ1) is 8.43. The van der Waals surface area contributed by atoms with Crippen LogP contribution in [0.2, 0.25) is 0 Å². The van der Waals surface area contributed by atoms with Crippen LogP contribution in [0.4, 0.5) is 0 Å². The van der Waals surface area contributed by atoms with Gasteiger partial charge in [0.1, 0.15) is 11.9 Å². The van der Waals surface area contributed by atoms with Crippen LogP contribution in [0.5, 0.6) is 0 Å². The molecule has 4 nitrogen and oxygen atoms in total. The molecule has 0 aromatic heterocycles. The molecular formula is C14H20O4. The Balaban J connectivity index is 5.12. The van der Waals surface area contributed by atoms with Gasteiger partial charge >= 0.3 is 5.97 Å². The average Bonchev–Trinajstić information content (AvgIpc) is 2.26. The number of hydrogen-bond donors (Lipinski definition) is 0. The number of hydrogen-bond acceptors (Lipinski definition) is 4. The molecule has 0 unspecified atom stereocenters. The monoisotopic (exact) mass is 252 g/mol. The number of rotatable bonds is 6. The van der Waals surface area contributed by atoms with Crippen molar-refractivity contribution in [1.29, 1.82) is 0 Å². The summed E-state index contributed by atoms with van der Waals surface area (Å²) in [5.41, 5.74) is 0.644. The lowest BCUT2D eigenvalue weighted by Gasteiger charge is -2.19. The van der Waals surface area contributed by atoms with Gasteiger partial charge in [0.15, 0.2) is 5.92 Å². The number of Topliss-reactive ketones (excluding diaryl/α,β-unsaturated/α-hetero) is 1. The van der Waals surface area contributed by atoms with Crippen LogP contribution >= 0.6 is 0 Å². The summed E-state index contributed by atoms with van der Waals surface area (Å²) in [7, 11) is 0. The van der Waals surface area contributed by atoms with Crippen molar-refractivity contribution >= 4 is 11.8 Å². The zero-order chi connectivity index (χ0) is 14.1. The maximum Gasteiger partial charge on any atom is 0.320 e. The van der Waals surface area contributed by atoms with E-state index in [4.69, 9.17) is 9.47 Å². The SMILES string of the molecule is C=C(C)C#C[C@@H](OCC)[C@H](C(C)=O)C(=O)OCC. The van der Waals surface area contributed by atoms with Gasteiger partial charge in [0.25, 0.3) is 0 Å². The van der Waals surface area contributed by atoms with E-state index >= 15 is 0 Å². The van der Waals surface area contributed by atoms with Crippen molar-refractivity contribution in [3.63, 3.8) is 0 Å². The molecule has 0 fully saturated rings. The van der Waals surface area contributed by atoms with E-state index in [-0.39, 0.29) is 12.4 Å². The van der Waals surface area contributed by atoms with E-state index in [9.17, 15) is 9.59 Å². The van der Waals surface area contributed by atoms with E-state index in [1.165, 1.54) is 6.92 Å². The minimum Gasteiger partial charge on any atom is -0.465 e. The molecule has 0 rings (SSSR count). The first-order valence-electron chi connectivity index (χ1n) is 5.89. The average molecular weight is 252 g/mol. The first kappa shape index (κ1) is 16.4. The summed E-state index contributed by atoms with van der Waals surface area (Å²) < 4.78 is 10.2. The second-order valence-corrected chi connectivity index (χ2v) is 3.77. The van der Waals surface area contributed by atoms with Crippen LogP contribution in [0, 0.1) is 17.8 Å². The van der Waals surface area contributed by atoms with E-state index in [0.717, 1.165) is 0 Å². The molecule has 0 aliphatic rings. The van der Waals surface area contributed by atoms with Crippen LogP contribution in [0.1, 0.15) is 27.7 Å². The largest absolute Gasteiger partial charge is 0.465 e. The highest BCUT2D eigenvalue weighted by atomic mass is 16.5. The zero-order valence-corrected chi connectivity index (χ0v) is 11.4. The van der Waals surface area contributed by atoms with E-state index < -0.39 is 18.0 Å². The smallest absolute Gasteiger partial charge is 0.320 e. The molecule has 0 N–H and O–H groups in total. The fraction of sp³-hybridized carbons (Fsp3) is 0.571. The van der Waals surface area contributed by atoms with Gasteiger partial charge in [0.05, 0.1) is 6.61 Å². The van der Waals surface area contributed by atoms with Gasteiger partial charge in [-0.25, -0.2) is 0 Å². The molecule has 0 aromatic rings. The van der Waals surface area contributed by atoms with Crippen LogP contribution in [0.25, 0.3) is 0 Å². The fourth-order valence-electron chi connectivity index (χ4n) is 1.33. The second kappa shape index (κ2) is 8.48. The molecule has 0 aromatic carbocycles. The maximum atomic E-state index is 11.7. The lowest BCUT2D eigenvalue weighted by molar-refractivity contribution is -0.155. The van der Waals surface area contributed by atoms with Crippen molar-refractivity contribution in [2.24, 2.45) is 5.92 Å². The summed E-state index contributed by atoms with van der Waals surface area (Å²) in [6.45, 7) is 10.7. The van der Waals surface area contributed by atoms with Crippen LogP contribution in [-0.2, 0) is 19.1 Å². The summed E-state index contributed by atoms with van der Waals surface area (Å²) in [6, 6.07) is 0. The molecule has 0 bridgehead atoms. The Morgan fingerprint density at radius 1 is 1.22 bits per heavy atom. The Morgan fingerprint density at radius 2 is 1.83 bits per heavy atom. The molecule has 0 saturated carbocycles. The maximum absolute atomic E-state index is 11.7. The molecule has 0 amide bonds. The number of esters is 1. The normalized spacial score (nSPS) is 12.9. The van der Waals surface area contributed by atoms with Gasteiger partial charge < -0.3 is 9.47 Å². The number of carbonyl (C=O) groups is 2. The molecule has 0 aliphatic heterocycles. The Bertz CT molecular complexity index is 373. The Morgan fingerprint density at radius 3 is 2.22 bits per heavy atom. The molecule has 4 heteroatoms. The van der Waals surface area contributed by atoms with Gasteiger partial charge in [0.2, 0.25) is 0 Å². The third-order valence-corrected chi connectivity index (χ3v) is 2.06. The summed E-state index contributed by atoms with van der Waals surface area (Å²) in [4.78, 5) is 23.3. The minimum absolute atomic E-state index is 0.218. The topological polar surface area (TPSA) is 52.6 Å². The van der Waals surface area contributed by atoms with Gasteiger partial charge in [-0.1, -0.05) is 18.4 Å². The Hall–Kier alpha value is -1.60. The van der Waals surface area contributed by atoms with Crippen molar-refractivity contribution in [2.75, 3.05) is 13.2 Å². The standard InChI is InChI=1S/C14H20O4/c1-6-17-12(9-8-10(3)4)13(11(5)15)14(16)18-7-2/h12-13H,3,6-7H2,1-2,4-5H3/t12-,13+/m1/s1. The van der Waals surface area contributed by atoms with Gasteiger partial charge in [-0.15, -0.1) is 0 Å². The number of carbonyl (C=O) groups excluding carboxylic acids is 2. The zero-order valence-electron chi connectivity index (χ0n) is 11.4.